The number of carbonyl (C=O) groups is 1. The van der Waals surface area contributed by atoms with Crippen LogP contribution in [-0.2, 0) is 16.0 Å². The first-order chi connectivity index (χ1) is 10.1. The number of esters is 1. The molecular formula is C16H21NO4. The van der Waals surface area contributed by atoms with Gasteiger partial charge in [-0.15, -0.1) is 0 Å². The summed E-state index contributed by atoms with van der Waals surface area (Å²) in [5, 5.41) is 10.4. The number of benzene rings is 1. The minimum absolute atomic E-state index is 0.143. The van der Waals surface area contributed by atoms with Crippen molar-refractivity contribution in [3.63, 3.8) is 0 Å². The van der Waals surface area contributed by atoms with Gasteiger partial charge in [-0.3, -0.25) is 0 Å². The molecule has 0 aliphatic carbocycles. The number of aryl methyl sites for hydroxylation is 1. The fourth-order valence-corrected chi connectivity index (χ4v) is 2.63. The predicted molar refractivity (Wildman–Crippen MR) is 80.8 cm³/mol. The zero-order valence-electron chi connectivity index (χ0n) is 12.7. The van der Waals surface area contributed by atoms with Crippen molar-refractivity contribution in [3.8, 4) is 5.75 Å². The van der Waals surface area contributed by atoms with Gasteiger partial charge in [0.1, 0.15) is 5.75 Å². The number of aromatic nitrogens is 1. The van der Waals surface area contributed by atoms with Crippen molar-refractivity contribution >= 4 is 16.9 Å². The first kappa shape index (κ1) is 15.4. The molecule has 0 bridgehead atoms. The fourth-order valence-electron chi connectivity index (χ4n) is 2.63. The smallest absolute Gasteiger partial charge is 0.340 e. The summed E-state index contributed by atoms with van der Waals surface area (Å²) >= 11 is 0. The Labute approximate surface area is 124 Å². The number of hydrogen-bond donors (Lipinski definition) is 1. The zero-order chi connectivity index (χ0) is 15.4. The molecule has 1 aromatic heterocycles. The van der Waals surface area contributed by atoms with Gasteiger partial charge in [0.2, 0.25) is 0 Å². The maximum absolute atomic E-state index is 12.0. The molecule has 0 saturated heterocycles. The first-order valence-electron chi connectivity index (χ1n) is 6.99. The highest BCUT2D eigenvalue weighted by molar-refractivity contribution is 6.06. The third-order valence-corrected chi connectivity index (χ3v) is 3.68. The van der Waals surface area contributed by atoms with Crippen LogP contribution in [0.1, 0.15) is 28.9 Å². The van der Waals surface area contributed by atoms with E-state index in [-0.39, 0.29) is 11.7 Å². The van der Waals surface area contributed by atoms with Crippen molar-refractivity contribution < 1.29 is 19.4 Å². The van der Waals surface area contributed by atoms with Crippen LogP contribution in [0, 0.1) is 6.92 Å². The molecule has 0 radical (unpaired) electrons. The number of fused-ring (bicyclic) bond motifs is 1. The number of hydrogen-bond acceptors (Lipinski definition) is 4. The Kier molecular flexibility index (Phi) is 4.85. The normalized spacial score (nSPS) is 11.0. The molecule has 0 spiro atoms. The molecule has 1 aromatic carbocycles. The topological polar surface area (TPSA) is 60.7 Å². The molecule has 114 valence electrons. The van der Waals surface area contributed by atoms with Crippen LogP contribution >= 0.6 is 0 Å². The molecular weight excluding hydrogens is 270 g/mol. The molecule has 0 atom stereocenters. The molecule has 0 aliphatic heterocycles. The molecule has 5 heteroatoms. The molecule has 5 nitrogen and oxygen atoms in total. The number of carbonyl (C=O) groups excluding carboxylic acids is 1. The van der Waals surface area contributed by atoms with Crippen LogP contribution in [0.4, 0.5) is 0 Å². The van der Waals surface area contributed by atoms with Crippen LogP contribution in [0.3, 0.4) is 0 Å². The molecule has 1 N–H and O–H groups in total. The Hall–Kier alpha value is -2.01. The quantitative estimate of drug-likeness (QED) is 0.656. The highest BCUT2D eigenvalue weighted by Crippen LogP contribution is 2.29. The third-order valence-electron chi connectivity index (χ3n) is 3.68. The third kappa shape index (κ3) is 3.03. The van der Waals surface area contributed by atoms with Gasteiger partial charge in [0, 0.05) is 36.9 Å². The summed E-state index contributed by atoms with van der Waals surface area (Å²) in [6, 6.07) is 5.08. The lowest BCUT2D eigenvalue weighted by Crippen LogP contribution is -2.06. The highest BCUT2D eigenvalue weighted by atomic mass is 16.5. The lowest BCUT2D eigenvalue weighted by molar-refractivity contribution is 0.0602. The molecule has 21 heavy (non-hydrogen) atoms. The number of aromatic hydroxyl groups is 1. The molecule has 0 unspecified atom stereocenters. The molecule has 2 rings (SSSR count). The predicted octanol–water partition coefficient (Wildman–Crippen LogP) is 2.87. The van der Waals surface area contributed by atoms with Gasteiger partial charge >= 0.3 is 5.97 Å². The van der Waals surface area contributed by atoms with Gasteiger partial charge in [-0.1, -0.05) is 0 Å². The standard InChI is InChI=1S/C16H21NO4/c1-11-15(16(19)21-3)13-10-12(18)6-7-14(13)17(11)8-4-5-9-20-2/h6-7,10,18H,4-5,8-9H2,1-3H3. The van der Waals surface area contributed by atoms with E-state index in [1.165, 1.54) is 7.11 Å². The minimum Gasteiger partial charge on any atom is -0.508 e. The number of rotatable bonds is 6. The Bertz CT molecular complexity index is 645. The van der Waals surface area contributed by atoms with Crippen molar-refractivity contribution in [2.75, 3.05) is 20.8 Å². The van der Waals surface area contributed by atoms with E-state index in [0.29, 0.717) is 5.56 Å². The number of methoxy groups -OCH3 is 2. The molecule has 0 amide bonds. The van der Waals surface area contributed by atoms with Gasteiger partial charge in [-0.2, -0.15) is 0 Å². The number of ether oxygens (including phenoxy) is 2. The molecule has 2 aromatic rings. The number of phenolic OH excluding ortho intramolecular Hbond substituents is 1. The summed E-state index contributed by atoms with van der Waals surface area (Å²) < 4.78 is 12.0. The van der Waals surface area contributed by atoms with E-state index in [0.717, 1.165) is 42.6 Å². The number of nitrogens with zero attached hydrogens (tertiary/aromatic N) is 1. The van der Waals surface area contributed by atoms with Gasteiger partial charge < -0.3 is 19.1 Å². The summed E-state index contributed by atoms with van der Waals surface area (Å²) in [6.07, 6.45) is 1.92. The van der Waals surface area contributed by atoms with Gasteiger partial charge in [0.15, 0.2) is 0 Å². The van der Waals surface area contributed by atoms with Crippen molar-refractivity contribution in [2.24, 2.45) is 0 Å². The molecule has 1 heterocycles. The van der Waals surface area contributed by atoms with Crippen LogP contribution in [0.25, 0.3) is 10.9 Å². The Balaban J connectivity index is 2.44. The number of phenols is 1. The average Bonchev–Trinajstić information content (AvgIpc) is 2.74. The van der Waals surface area contributed by atoms with Gasteiger partial charge in [-0.05, 0) is 38.0 Å². The maximum Gasteiger partial charge on any atom is 0.340 e. The Morgan fingerprint density at radius 2 is 2.05 bits per heavy atom. The number of unbranched alkanes of at least 4 members (excludes halogenated alkanes) is 1. The van der Waals surface area contributed by atoms with E-state index in [1.807, 2.05) is 13.0 Å². The van der Waals surface area contributed by atoms with Crippen molar-refractivity contribution in [1.29, 1.82) is 0 Å². The van der Waals surface area contributed by atoms with E-state index in [1.54, 1.807) is 19.2 Å². The second kappa shape index (κ2) is 6.63. The summed E-state index contributed by atoms with van der Waals surface area (Å²) in [5.41, 5.74) is 2.32. The molecule has 0 saturated carbocycles. The lowest BCUT2D eigenvalue weighted by Gasteiger charge is -2.08. The zero-order valence-corrected chi connectivity index (χ0v) is 12.7. The van der Waals surface area contributed by atoms with Crippen LogP contribution in [0.5, 0.6) is 5.75 Å². The Morgan fingerprint density at radius 3 is 2.71 bits per heavy atom. The van der Waals surface area contributed by atoms with Crippen LogP contribution < -0.4 is 0 Å². The van der Waals surface area contributed by atoms with Crippen molar-refractivity contribution in [1.82, 2.24) is 4.57 Å². The van der Waals surface area contributed by atoms with E-state index >= 15 is 0 Å². The van der Waals surface area contributed by atoms with Crippen molar-refractivity contribution in [2.45, 2.75) is 26.3 Å². The SMILES string of the molecule is COCCCCn1c(C)c(C(=O)OC)c2cc(O)ccc21. The van der Waals surface area contributed by atoms with E-state index in [4.69, 9.17) is 9.47 Å². The molecule has 0 aliphatic rings. The van der Waals surface area contributed by atoms with Gasteiger partial charge in [0.25, 0.3) is 0 Å². The first-order valence-corrected chi connectivity index (χ1v) is 6.99. The summed E-state index contributed by atoms with van der Waals surface area (Å²) in [6.45, 7) is 3.43. The summed E-state index contributed by atoms with van der Waals surface area (Å²) in [4.78, 5) is 12.0. The Morgan fingerprint density at radius 1 is 1.29 bits per heavy atom. The molecule has 0 fully saturated rings. The van der Waals surface area contributed by atoms with E-state index < -0.39 is 0 Å². The lowest BCUT2D eigenvalue weighted by atomic mass is 10.1. The van der Waals surface area contributed by atoms with Crippen LogP contribution in [0.15, 0.2) is 18.2 Å². The van der Waals surface area contributed by atoms with E-state index in [2.05, 4.69) is 4.57 Å². The highest BCUT2D eigenvalue weighted by Gasteiger charge is 2.20. The van der Waals surface area contributed by atoms with Crippen molar-refractivity contribution in [3.05, 3.63) is 29.5 Å². The monoisotopic (exact) mass is 291 g/mol. The second-order valence-corrected chi connectivity index (χ2v) is 5.00. The van der Waals surface area contributed by atoms with Crippen LogP contribution in [0.2, 0.25) is 0 Å². The van der Waals surface area contributed by atoms with E-state index in [9.17, 15) is 9.90 Å². The summed E-state index contributed by atoms with van der Waals surface area (Å²) in [5.74, 6) is -0.233. The minimum atomic E-state index is -0.376. The van der Waals surface area contributed by atoms with Gasteiger partial charge in [-0.25, -0.2) is 4.79 Å². The largest absolute Gasteiger partial charge is 0.508 e. The van der Waals surface area contributed by atoms with Gasteiger partial charge in [0.05, 0.1) is 12.7 Å². The fraction of sp³-hybridized carbons (Fsp3) is 0.438. The summed E-state index contributed by atoms with van der Waals surface area (Å²) in [7, 11) is 3.06. The maximum atomic E-state index is 12.0. The average molecular weight is 291 g/mol. The second-order valence-electron chi connectivity index (χ2n) is 5.00. The van der Waals surface area contributed by atoms with Crippen LogP contribution in [-0.4, -0.2) is 36.5 Å².